The zero-order valence-electron chi connectivity index (χ0n) is 73.8. The number of amides is 7. The van der Waals surface area contributed by atoms with Crippen molar-refractivity contribution in [2.75, 3.05) is 73.8 Å². The van der Waals surface area contributed by atoms with Gasteiger partial charge in [-0.05, 0) is 112 Å². The van der Waals surface area contributed by atoms with E-state index < -0.39 is 118 Å². The van der Waals surface area contributed by atoms with Gasteiger partial charge >= 0.3 is 112 Å². The smallest absolute Gasteiger partial charge is 1.00 e. The quantitative estimate of drug-likeness (QED) is 0.0149. The summed E-state index contributed by atoms with van der Waals surface area (Å²) in [5, 5.41) is 73.2. The molecule has 0 aliphatic carbocycles. The van der Waals surface area contributed by atoms with Gasteiger partial charge in [-0.15, -0.1) is 5.01 Å². The number of carbonyl (C=O) groups is 13. The first-order valence-electron chi connectivity index (χ1n) is 36.5. The molecule has 1 aromatic rings. The van der Waals surface area contributed by atoms with Gasteiger partial charge in [-0.25, -0.2) is 53.1 Å². The van der Waals surface area contributed by atoms with Gasteiger partial charge in [-0.1, -0.05) is 92.9 Å². The second-order valence-electron chi connectivity index (χ2n) is 27.7. The van der Waals surface area contributed by atoms with Crippen LogP contribution in [0, 0.1) is 24.3 Å². The number of aromatic nitrogens is 2. The molecule has 12 aliphatic heterocycles. The standard InChI is InChI=1S/C12H16N4O5S.C8H6N4O4S.C7H6IN3O4S.C7H7N3O3S.C6H8BrN3O2S.C6H11BrO2.C6H12ClN.C6H6N3O2S.C6H8N3O2S.C5H7N3.2BrH.2Mg/c1-12(2,3)21-5(17)4-16-10-7(6(15-16)8(13)18)14-9(22-10)11(19)20;1-9-4-3-6(12(11-4)8(15)16-2)17-5(10-3)7(13)14;1-15-7(14)11-5-2(3(8)10-11)9-4(16-5)6(12)13;8-5(11)4-3-2(1-9-4)14-6(10-3)7(12)13;1-12-6(11)10-4-3(2-8)9-5(7)13-4;1-6(2,3)9-5(8)4-7;1-5(2)6(7)8(3)4;1-11-6(10)9-5-4(2-8-9)7-3-12-5;1-11-6(10)9-5-4(2-7)8-3-12-5;1-4-7-2-5(6)3-8-4;;;;/h7,10H,4H2,1-3H3,(H2,13,18)(H,19,20);3,6H,2H3,(H,13,14);2,5H,1H3,(H,12,13);2-3H,1H2,(H2,8,11)(H,12,13);2-4,8H,1H3,(H,10,11);4H2,1-3H3;1-4H3;2,4-5H,1H3;2,4-5,7H,1H3,(H,9,10);2-3H,6H2,1H3;2*1H;;/q;;;;;;;2*-1;;;;2*+2/p-2. The van der Waals surface area contributed by atoms with Crippen LogP contribution < -0.4 is 61.8 Å². The molecule has 12 aliphatic rings. The first-order valence-corrected chi connectivity index (χ1v) is 46.0. The van der Waals surface area contributed by atoms with Crippen molar-refractivity contribution >= 4 is 353 Å². The number of halogens is 6. The molecule has 0 bridgehead atoms. The number of anilines is 1. The number of aryl methyl sites for hydroxylation is 1. The van der Waals surface area contributed by atoms with Gasteiger partial charge in [0.25, 0.3) is 17.6 Å². The van der Waals surface area contributed by atoms with Gasteiger partial charge < -0.3 is 181 Å². The van der Waals surface area contributed by atoms with E-state index in [2.05, 4.69) is 152 Å². The summed E-state index contributed by atoms with van der Waals surface area (Å²) in [5.41, 5.74) is 21.9. The number of fused-ring (bicyclic) bond motifs is 5. The van der Waals surface area contributed by atoms with E-state index in [9.17, 15) is 62.3 Å². The molecule has 1 aromatic heterocycles. The number of amidine groups is 1. The Hall–Kier alpha value is -7.88. The number of hydrazone groups is 4. The molecule has 14 atom stereocenters. The van der Waals surface area contributed by atoms with E-state index in [0.29, 0.717) is 19.9 Å². The molecule has 0 aromatic carbocycles. The molecule has 0 radical (unpaired) electrons. The van der Waals surface area contributed by atoms with Crippen LogP contribution in [0.2, 0.25) is 0 Å². The Labute approximate surface area is 889 Å². The molecule has 14 N–H and O–H groups in total. The number of alkyl carbamates (subject to hydrolysis) is 2. The zero-order valence-corrected chi connectivity index (χ0v) is 91.6. The first kappa shape index (κ1) is 127. The van der Waals surface area contributed by atoms with Crippen molar-refractivity contribution in [1.29, 1.82) is 10.8 Å². The third kappa shape index (κ3) is 40.1. The maximum Gasteiger partial charge on any atom is 2.00 e. The molecular weight excluding hydrogens is 2350 g/mol. The zero-order chi connectivity index (χ0) is 99.0. The summed E-state index contributed by atoms with van der Waals surface area (Å²) >= 11 is 21.7. The predicted molar refractivity (Wildman–Crippen MR) is 524 cm³/mol. The minimum Gasteiger partial charge on any atom is -1.00 e. The summed E-state index contributed by atoms with van der Waals surface area (Å²) in [7, 11) is 10.2. The second kappa shape index (κ2) is 60.9. The SMILES string of the molecule is CC(C)(C)OC(=O)CBr.CC(C)(C)OC(=O)CN1N=C(C(N)=O)C2N=C(C(=O)O)SC21.CC(C)=C(Cl)N(C)C.COC(=O)N1N=C(I)C2N=C(C(=O)O)SC21.COC(=O)N1N=CC2N=[C-]SC21.COC(=O)NC1SC(Br)=NC1C=N.COC(=O)NC1S[C-]=NC1C=N.Cc1ncc(N)cn1.NC(=O)C1=NCC2SC(C(=O)O)=NC12.[Br-].[Br-].[C-]#[N+]C1=NN(C(=O)OC)C2SC(C(=O)O)=NC12.[Mg+2].[Mg+2]. The van der Waals surface area contributed by atoms with Crippen LogP contribution in [0.25, 0.3) is 4.85 Å². The summed E-state index contributed by atoms with van der Waals surface area (Å²) in [4.78, 5) is 187. The molecule has 13 heterocycles. The Kier molecular flexibility index (Phi) is 57.3. The average Bonchev–Trinajstić information content (AvgIpc) is 1.62. The van der Waals surface area contributed by atoms with Crippen molar-refractivity contribution in [3.8, 4) is 0 Å². The Balaban J connectivity index is 0.00000149. The summed E-state index contributed by atoms with van der Waals surface area (Å²) in [6.07, 6.45) is 4.29. The minimum absolute atomic E-state index is 0. The number of hydrogen-bond acceptors (Lipinski definition) is 46. The van der Waals surface area contributed by atoms with Gasteiger partial charge in [0.2, 0.25) is 0 Å². The number of rotatable bonds is 14. The van der Waals surface area contributed by atoms with Crippen molar-refractivity contribution in [3.63, 3.8) is 0 Å². The van der Waals surface area contributed by atoms with Crippen molar-refractivity contribution in [1.82, 2.24) is 45.5 Å². The fraction of sp³-hybridized carbons (Fsp3) is 0.507. The number of aliphatic carboxylic acids is 4. The molecule has 7 amide bonds. The van der Waals surface area contributed by atoms with Crippen molar-refractivity contribution in [3.05, 3.63) is 40.4 Å². The van der Waals surface area contributed by atoms with Crippen molar-refractivity contribution in [2.45, 2.75) is 153 Å². The third-order valence-electron chi connectivity index (χ3n) is 15.3. The Morgan fingerprint density at radius 3 is 1.52 bits per heavy atom. The van der Waals surface area contributed by atoms with Crippen LogP contribution >= 0.6 is 148 Å². The van der Waals surface area contributed by atoms with E-state index in [1.165, 1.54) is 87.1 Å². The number of nitrogens with one attached hydrogen (secondary N) is 4. The number of hydrogen-bond donors (Lipinski definition) is 11. The van der Waals surface area contributed by atoms with Crippen LogP contribution in [0.15, 0.2) is 83.5 Å². The topological polar surface area (TPSA) is 712 Å². The fourth-order valence-corrected chi connectivity index (χ4v) is 18.4. The molecule has 13 rings (SSSR count). The molecule has 66 heteroatoms. The molecule has 0 saturated carbocycles. The van der Waals surface area contributed by atoms with Crippen LogP contribution in [0.1, 0.15) is 61.2 Å². The number of ether oxygens (including phenoxy) is 7. The largest absolute Gasteiger partial charge is 2.00 e. The predicted octanol–water partition coefficient (Wildman–Crippen LogP) is -1.43. The average molecular weight is 2430 g/mol. The number of allylic oxidation sites excluding steroid dienone is 1. The molecule has 0 spiro atoms. The van der Waals surface area contributed by atoms with Crippen LogP contribution in [0.4, 0.5) is 29.7 Å². The number of nitrogen functional groups attached to an aromatic ring is 1. The fourth-order valence-electron chi connectivity index (χ4n) is 9.94. The van der Waals surface area contributed by atoms with E-state index in [1.807, 2.05) is 83.1 Å². The second-order valence-corrected chi connectivity index (χ2v) is 38.5. The van der Waals surface area contributed by atoms with Gasteiger partial charge in [0.05, 0.1) is 82.9 Å². The van der Waals surface area contributed by atoms with Gasteiger partial charge in [0.1, 0.15) is 105 Å². The van der Waals surface area contributed by atoms with E-state index in [1.54, 1.807) is 39.4 Å². The number of primary amides is 2. The van der Waals surface area contributed by atoms with Crippen molar-refractivity contribution < 1.29 is 150 Å². The normalized spacial score (nSPS) is 22.9. The number of thioether (sulfide) groups is 7. The number of nitrogens with zero attached hydrogens (tertiary/aromatic N) is 20. The summed E-state index contributed by atoms with van der Waals surface area (Å²) in [6.45, 7) is 23.6. The minimum atomic E-state index is -1.19. The van der Waals surface area contributed by atoms with E-state index in [-0.39, 0.29) is 180 Å². The molecule has 51 nitrogen and oxygen atoms in total. The molecule has 730 valence electrons. The molecule has 135 heavy (non-hydrogen) atoms. The number of aliphatic imine (C=N–C) groups is 8. The molecular formula is C69H87Br4ClIMg2N27O24S7. The maximum atomic E-state index is 11.9. The molecule has 14 unspecified atom stereocenters. The number of esters is 2. The van der Waals surface area contributed by atoms with E-state index in [0.717, 1.165) is 79.8 Å². The van der Waals surface area contributed by atoms with Gasteiger partial charge in [0, 0.05) is 32.7 Å². The van der Waals surface area contributed by atoms with Gasteiger partial charge in [0.15, 0.2) is 25.9 Å². The summed E-state index contributed by atoms with van der Waals surface area (Å²) < 4.78 is 33.8. The van der Waals surface area contributed by atoms with Crippen LogP contribution in [-0.2, 0) is 71.5 Å². The third-order valence-corrected chi connectivity index (χ3v) is 25.7. The van der Waals surface area contributed by atoms with Gasteiger partial charge in [-0.3, -0.25) is 54.1 Å². The number of carboxylic acid groups (broad SMARTS) is 4. The maximum absolute atomic E-state index is 11.9. The van der Waals surface area contributed by atoms with Crippen LogP contribution in [0.5, 0.6) is 0 Å². The Morgan fingerprint density at radius 2 is 1.08 bits per heavy atom. The summed E-state index contributed by atoms with van der Waals surface area (Å²) in [6, 6.07) is -3.04. The van der Waals surface area contributed by atoms with E-state index >= 15 is 0 Å². The molecule has 0 fully saturated rings. The number of carbonyl (C=O) groups excluding carboxylic acids is 9. The first-order chi connectivity index (χ1) is 61.4. The Bertz CT molecular complexity index is 4930. The van der Waals surface area contributed by atoms with Crippen molar-refractivity contribution in [2.24, 2.45) is 71.8 Å². The monoisotopic (exact) mass is 2430 g/mol. The number of carboxylic acids is 4. The number of alkyl halides is 1. The summed E-state index contributed by atoms with van der Waals surface area (Å²) in [5.74, 6) is -5.96. The van der Waals surface area contributed by atoms with E-state index in [4.69, 9.17) is 76.1 Å². The molecule has 0 saturated heterocycles. The van der Waals surface area contributed by atoms with Crippen LogP contribution in [-0.4, -0.2) is 413 Å². The Morgan fingerprint density at radius 1 is 0.630 bits per heavy atom. The number of nitrogens with two attached hydrogens (primary N) is 3. The van der Waals surface area contributed by atoms with Crippen LogP contribution in [0.3, 0.4) is 0 Å². The van der Waals surface area contributed by atoms with Gasteiger partial charge in [-0.2, -0.15) is 25.3 Å². The number of methoxy groups -OCH3 is 5.